The predicted molar refractivity (Wildman–Crippen MR) is 53.9 cm³/mol. The van der Waals surface area contributed by atoms with Crippen LogP contribution in [0.25, 0.3) is 5.69 Å². The van der Waals surface area contributed by atoms with E-state index in [4.69, 9.17) is 5.11 Å². The Morgan fingerprint density at radius 1 is 1.47 bits per heavy atom. The number of carbonyl (C=O) groups is 1. The first kappa shape index (κ1) is 10.7. The highest BCUT2D eigenvalue weighted by Gasteiger charge is 2.11. The minimum atomic E-state index is -1.18. The maximum Gasteiger partial charge on any atom is 0.337 e. The maximum absolute atomic E-state index is 10.9. The van der Waals surface area contributed by atoms with E-state index < -0.39 is 5.97 Å². The van der Waals surface area contributed by atoms with Crippen molar-refractivity contribution in [3.8, 4) is 5.69 Å². The summed E-state index contributed by atoms with van der Waals surface area (Å²) < 4.78 is 1.31. The van der Waals surface area contributed by atoms with Crippen molar-refractivity contribution in [3.63, 3.8) is 0 Å². The van der Waals surface area contributed by atoms with E-state index in [9.17, 15) is 9.59 Å². The Balaban J connectivity index is 2.57. The van der Waals surface area contributed by atoms with E-state index in [1.165, 1.54) is 35.3 Å². The van der Waals surface area contributed by atoms with Crippen LogP contribution in [0, 0.1) is 0 Å². The molecule has 0 saturated carbocycles. The molecular weight excluding hydrogens is 226 g/mol. The van der Waals surface area contributed by atoms with Gasteiger partial charge in [-0.05, 0) is 28.6 Å². The van der Waals surface area contributed by atoms with Crippen LogP contribution in [-0.4, -0.2) is 37.4 Å². The fourth-order valence-corrected chi connectivity index (χ4v) is 1.26. The van der Waals surface area contributed by atoms with Gasteiger partial charge in [0.05, 0.1) is 16.9 Å². The van der Waals surface area contributed by atoms with Crippen molar-refractivity contribution in [2.45, 2.75) is 0 Å². The zero-order valence-corrected chi connectivity index (χ0v) is 8.31. The number of benzene rings is 1. The van der Waals surface area contributed by atoms with E-state index >= 15 is 0 Å². The van der Waals surface area contributed by atoms with Crippen molar-refractivity contribution in [1.29, 1.82) is 0 Å². The molecule has 0 aliphatic rings. The van der Waals surface area contributed by atoms with Crippen molar-refractivity contribution in [3.05, 3.63) is 30.1 Å². The second-order valence-corrected chi connectivity index (χ2v) is 2.96. The Kier molecular flexibility index (Phi) is 2.71. The number of aliphatic imine (C=N–C) groups is 1. The molecule has 8 nitrogen and oxygen atoms in total. The molecule has 0 aliphatic carbocycles. The summed E-state index contributed by atoms with van der Waals surface area (Å²) >= 11 is 0. The monoisotopic (exact) mass is 231 g/mol. The number of isocyanates is 1. The van der Waals surface area contributed by atoms with Gasteiger partial charge >= 0.3 is 5.97 Å². The van der Waals surface area contributed by atoms with Crippen LogP contribution in [0.5, 0.6) is 0 Å². The van der Waals surface area contributed by atoms with E-state index in [1.54, 1.807) is 0 Å². The molecule has 1 heterocycles. The lowest BCUT2D eigenvalue weighted by Gasteiger charge is -2.02. The Morgan fingerprint density at radius 2 is 2.29 bits per heavy atom. The largest absolute Gasteiger partial charge is 0.478 e. The fourth-order valence-electron chi connectivity index (χ4n) is 1.26. The number of tetrazole rings is 1. The Bertz CT molecular complexity index is 601. The van der Waals surface area contributed by atoms with E-state index in [-0.39, 0.29) is 11.3 Å². The number of aromatic nitrogens is 4. The molecule has 0 aliphatic heterocycles. The number of aromatic carboxylic acids is 1. The molecule has 1 aromatic carbocycles. The van der Waals surface area contributed by atoms with Crippen molar-refractivity contribution in [2.24, 2.45) is 4.99 Å². The molecule has 0 unspecified atom stereocenters. The molecule has 0 fully saturated rings. The average molecular weight is 231 g/mol. The zero-order valence-electron chi connectivity index (χ0n) is 8.31. The normalized spacial score (nSPS) is 9.65. The minimum Gasteiger partial charge on any atom is -0.478 e. The lowest BCUT2D eigenvalue weighted by atomic mass is 10.1. The van der Waals surface area contributed by atoms with Crippen LogP contribution in [-0.2, 0) is 4.79 Å². The van der Waals surface area contributed by atoms with Gasteiger partial charge in [0, 0.05) is 0 Å². The van der Waals surface area contributed by atoms with Gasteiger partial charge in [0.15, 0.2) is 0 Å². The smallest absolute Gasteiger partial charge is 0.337 e. The Hall–Kier alpha value is -2.86. The molecule has 0 radical (unpaired) electrons. The van der Waals surface area contributed by atoms with Gasteiger partial charge in [-0.2, -0.15) is 4.99 Å². The molecule has 84 valence electrons. The van der Waals surface area contributed by atoms with Gasteiger partial charge in [-0.1, -0.05) is 0 Å². The summed E-state index contributed by atoms with van der Waals surface area (Å²) in [7, 11) is 0. The molecule has 0 atom stereocenters. The van der Waals surface area contributed by atoms with Crippen molar-refractivity contribution in [2.75, 3.05) is 0 Å². The number of nitrogens with zero attached hydrogens (tertiary/aromatic N) is 5. The van der Waals surface area contributed by atoms with Crippen LogP contribution in [0.4, 0.5) is 5.69 Å². The van der Waals surface area contributed by atoms with E-state index in [0.29, 0.717) is 5.69 Å². The molecule has 2 rings (SSSR count). The summed E-state index contributed by atoms with van der Waals surface area (Å²) in [5.41, 5.74) is 0.402. The van der Waals surface area contributed by atoms with Crippen LogP contribution in [0.15, 0.2) is 29.5 Å². The first-order valence-corrected chi connectivity index (χ1v) is 4.41. The predicted octanol–water partition coefficient (Wildman–Crippen LogP) is 0.328. The Morgan fingerprint density at radius 3 is 2.88 bits per heavy atom. The minimum absolute atomic E-state index is 0.000463. The molecule has 0 bridgehead atoms. The van der Waals surface area contributed by atoms with Crippen molar-refractivity contribution >= 4 is 17.7 Å². The summed E-state index contributed by atoms with van der Waals surface area (Å²) in [6.45, 7) is 0. The van der Waals surface area contributed by atoms with Crippen LogP contribution in [0.1, 0.15) is 10.4 Å². The quantitative estimate of drug-likeness (QED) is 0.601. The molecular formula is C9H5N5O3. The molecule has 17 heavy (non-hydrogen) atoms. The molecule has 1 aromatic heterocycles. The Labute approximate surface area is 94.2 Å². The first-order valence-electron chi connectivity index (χ1n) is 4.41. The molecule has 0 amide bonds. The average Bonchev–Trinajstić information content (AvgIpc) is 2.82. The number of carboxylic acids is 1. The molecule has 1 N–H and O–H groups in total. The molecule has 8 heteroatoms. The second kappa shape index (κ2) is 4.33. The number of rotatable bonds is 3. The number of carbonyl (C=O) groups excluding carboxylic acids is 1. The summed E-state index contributed by atoms with van der Waals surface area (Å²) in [4.78, 5) is 24.4. The lowest BCUT2D eigenvalue weighted by Crippen LogP contribution is -2.00. The third-order valence-corrected chi connectivity index (χ3v) is 1.99. The van der Waals surface area contributed by atoms with Gasteiger partial charge in [-0.25, -0.2) is 14.3 Å². The molecule has 0 saturated heterocycles. The summed E-state index contributed by atoms with van der Waals surface area (Å²) in [6, 6.07) is 4.20. The zero-order chi connectivity index (χ0) is 12.3. The SMILES string of the molecule is O=C=Nc1cc(-n2cnnn2)ccc1C(=O)O. The van der Waals surface area contributed by atoms with Crippen LogP contribution in [0.3, 0.4) is 0 Å². The highest BCUT2D eigenvalue weighted by molar-refractivity contribution is 5.94. The summed E-state index contributed by atoms with van der Waals surface area (Å²) in [6.07, 6.45) is 2.64. The fraction of sp³-hybridized carbons (Fsp3) is 0. The van der Waals surface area contributed by atoms with E-state index in [0.717, 1.165) is 0 Å². The van der Waals surface area contributed by atoms with Crippen LogP contribution in [0.2, 0.25) is 0 Å². The summed E-state index contributed by atoms with van der Waals surface area (Å²) in [5, 5.41) is 19.4. The van der Waals surface area contributed by atoms with E-state index in [1.807, 2.05) is 0 Å². The topological polar surface area (TPSA) is 110 Å². The maximum atomic E-state index is 10.9. The van der Waals surface area contributed by atoms with Crippen molar-refractivity contribution in [1.82, 2.24) is 20.2 Å². The third kappa shape index (κ3) is 2.06. The van der Waals surface area contributed by atoms with Gasteiger partial charge in [0.25, 0.3) is 0 Å². The number of carboxylic acid groups (broad SMARTS) is 1. The number of hydrogen-bond donors (Lipinski definition) is 1. The van der Waals surface area contributed by atoms with Crippen LogP contribution >= 0.6 is 0 Å². The van der Waals surface area contributed by atoms with Crippen molar-refractivity contribution < 1.29 is 14.7 Å². The van der Waals surface area contributed by atoms with Crippen LogP contribution < -0.4 is 0 Å². The third-order valence-electron chi connectivity index (χ3n) is 1.99. The highest BCUT2D eigenvalue weighted by Crippen LogP contribution is 2.22. The molecule has 0 spiro atoms. The highest BCUT2D eigenvalue weighted by atomic mass is 16.4. The van der Waals surface area contributed by atoms with Gasteiger partial charge in [-0.3, -0.25) is 0 Å². The standard InChI is InChI=1S/C9H5N5O3/c15-5-10-8-3-6(14-4-11-12-13-14)1-2-7(8)9(16)17/h1-4H,(H,16,17). The van der Waals surface area contributed by atoms with Gasteiger partial charge in [0.1, 0.15) is 6.33 Å². The van der Waals surface area contributed by atoms with Gasteiger partial charge in [-0.15, -0.1) is 5.10 Å². The van der Waals surface area contributed by atoms with E-state index in [2.05, 4.69) is 20.5 Å². The van der Waals surface area contributed by atoms with Gasteiger partial charge < -0.3 is 5.11 Å². The second-order valence-electron chi connectivity index (χ2n) is 2.96. The summed E-state index contributed by atoms with van der Waals surface area (Å²) in [5.74, 6) is -1.18. The lowest BCUT2D eigenvalue weighted by molar-refractivity contribution is 0.0698. The first-order chi connectivity index (χ1) is 8.22. The van der Waals surface area contributed by atoms with Gasteiger partial charge in [0.2, 0.25) is 6.08 Å². The number of hydrogen-bond acceptors (Lipinski definition) is 6. The molecule has 2 aromatic rings.